The minimum absolute atomic E-state index is 0.0491. The smallest absolute Gasteiger partial charge is 0.269 e. The molecule has 0 spiro atoms. The van der Waals surface area contributed by atoms with Gasteiger partial charge in [-0.2, -0.15) is 0 Å². The second-order valence-electron chi connectivity index (χ2n) is 6.43. The molecule has 0 aliphatic rings. The van der Waals surface area contributed by atoms with Crippen molar-refractivity contribution in [1.82, 2.24) is 0 Å². The molecule has 0 radical (unpaired) electrons. The zero-order chi connectivity index (χ0) is 21.5. The van der Waals surface area contributed by atoms with Gasteiger partial charge < -0.3 is 15.7 Å². The molecule has 0 aliphatic carbocycles. The highest BCUT2D eigenvalue weighted by Crippen LogP contribution is 2.20. The van der Waals surface area contributed by atoms with Crippen LogP contribution < -0.4 is 10.6 Å². The maximum absolute atomic E-state index is 12.7. The van der Waals surface area contributed by atoms with Crippen LogP contribution in [0.3, 0.4) is 0 Å². The first-order valence-electron chi connectivity index (χ1n) is 9.14. The number of hydrogen-bond donors (Lipinski definition) is 3. The molecule has 2 amide bonds. The summed E-state index contributed by atoms with van der Waals surface area (Å²) in [6.07, 6.45) is 0.533. The van der Waals surface area contributed by atoms with Gasteiger partial charge in [-0.15, -0.1) is 0 Å². The van der Waals surface area contributed by atoms with Crippen LogP contribution in [-0.4, -0.2) is 28.5 Å². The number of amides is 2. The molecule has 0 unspecified atom stereocenters. The van der Waals surface area contributed by atoms with Crippen molar-refractivity contribution in [1.29, 1.82) is 0 Å². The lowest BCUT2D eigenvalue weighted by atomic mass is 10.1. The Labute approximate surface area is 172 Å². The summed E-state index contributed by atoms with van der Waals surface area (Å²) in [6, 6.07) is 18.8. The highest BCUT2D eigenvalue weighted by Gasteiger charge is 2.15. The Hall–Kier alpha value is -4.04. The van der Waals surface area contributed by atoms with Crippen LogP contribution in [0.2, 0.25) is 0 Å². The summed E-state index contributed by atoms with van der Waals surface area (Å²) in [6.45, 7) is 0.0491. The van der Waals surface area contributed by atoms with Crippen molar-refractivity contribution < 1.29 is 19.6 Å². The number of nitrogens with one attached hydrogen (secondary N) is 2. The SMILES string of the molecule is O=C(Nc1ccccc1C(=O)Nc1ccc(CCO)cc1)c1ccc([N+](=O)[O-])cc1. The second-order valence-corrected chi connectivity index (χ2v) is 6.43. The number of nitro groups is 1. The highest BCUT2D eigenvalue weighted by atomic mass is 16.6. The zero-order valence-corrected chi connectivity index (χ0v) is 15.9. The van der Waals surface area contributed by atoms with Crippen molar-refractivity contribution in [2.24, 2.45) is 0 Å². The summed E-state index contributed by atoms with van der Waals surface area (Å²) in [5, 5.41) is 25.2. The van der Waals surface area contributed by atoms with Crippen LogP contribution in [0.5, 0.6) is 0 Å². The Morgan fingerprint density at radius 3 is 2.17 bits per heavy atom. The molecule has 0 heterocycles. The van der Waals surface area contributed by atoms with Gasteiger partial charge in [0.25, 0.3) is 17.5 Å². The fraction of sp³-hybridized carbons (Fsp3) is 0.0909. The van der Waals surface area contributed by atoms with E-state index in [1.165, 1.54) is 24.3 Å². The summed E-state index contributed by atoms with van der Waals surface area (Å²) in [5.74, 6) is -0.886. The number of rotatable bonds is 7. The molecule has 0 aromatic heterocycles. The maximum Gasteiger partial charge on any atom is 0.269 e. The number of nitrogens with zero attached hydrogens (tertiary/aromatic N) is 1. The molecule has 152 valence electrons. The Morgan fingerprint density at radius 1 is 0.867 bits per heavy atom. The van der Waals surface area contributed by atoms with Gasteiger partial charge in [0.15, 0.2) is 0 Å². The monoisotopic (exact) mass is 405 g/mol. The standard InChI is InChI=1S/C22H19N3O5/c26-14-13-15-5-9-17(10-6-15)23-22(28)19-3-1-2-4-20(19)24-21(27)16-7-11-18(12-8-16)25(29)30/h1-12,26H,13-14H2,(H,23,28)(H,24,27). The molecule has 30 heavy (non-hydrogen) atoms. The van der Waals surface area contributed by atoms with Gasteiger partial charge in [-0.1, -0.05) is 24.3 Å². The number of para-hydroxylation sites is 1. The molecular weight excluding hydrogens is 386 g/mol. The molecular formula is C22H19N3O5. The third-order valence-corrected chi connectivity index (χ3v) is 4.37. The van der Waals surface area contributed by atoms with Crippen LogP contribution >= 0.6 is 0 Å². The number of nitro benzene ring substituents is 1. The van der Waals surface area contributed by atoms with Gasteiger partial charge in [-0.05, 0) is 48.4 Å². The number of carbonyl (C=O) groups is 2. The van der Waals surface area contributed by atoms with Crippen molar-refractivity contribution in [3.63, 3.8) is 0 Å². The average Bonchev–Trinajstić information content (AvgIpc) is 2.75. The molecule has 0 bridgehead atoms. The molecule has 0 saturated heterocycles. The van der Waals surface area contributed by atoms with Crippen LogP contribution in [0.1, 0.15) is 26.3 Å². The lowest BCUT2D eigenvalue weighted by molar-refractivity contribution is -0.384. The van der Waals surface area contributed by atoms with Crippen LogP contribution in [0.15, 0.2) is 72.8 Å². The predicted molar refractivity (Wildman–Crippen MR) is 113 cm³/mol. The molecule has 8 heteroatoms. The van der Waals surface area contributed by atoms with Crippen LogP contribution in [0, 0.1) is 10.1 Å². The van der Waals surface area contributed by atoms with Crippen molar-refractivity contribution in [3.8, 4) is 0 Å². The Balaban J connectivity index is 1.73. The summed E-state index contributed by atoms with van der Waals surface area (Å²) in [4.78, 5) is 35.4. The molecule has 3 aromatic rings. The Morgan fingerprint density at radius 2 is 1.53 bits per heavy atom. The first-order chi connectivity index (χ1) is 14.5. The van der Waals surface area contributed by atoms with Gasteiger partial charge in [0, 0.05) is 30.0 Å². The minimum Gasteiger partial charge on any atom is -0.396 e. The van der Waals surface area contributed by atoms with Crippen molar-refractivity contribution in [2.75, 3.05) is 17.2 Å². The first-order valence-corrected chi connectivity index (χ1v) is 9.14. The average molecular weight is 405 g/mol. The van der Waals surface area contributed by atoms with Gasteiger partial charge in [-0.3, -0.25) is 19.7 Å². The number of benzene rings is 3. The third-order valence-electron chi connectivity index (χ3n) is 4.37. The molecule has 8 nitrogen and oxygen atoms in total. The molecule has 0 fully saturated rings. The summed E-state index contributed by atoms with van der Waals surface area (Å²) in [5.41, 5.74) is 2.23. The van der Waals surface area contributed by atoms with E-state index in [0.29, 0.717) is 17.8 Å². The van der Waals surface area contributed by atoms with Gasteiger partial charge in [0.2, 0.25) is 0 Å². The highest BCUT2D eigenvalue weighted by molar-refractivity contribution is 6.12. The number of anilines is 2. The van der Waals surface area contributed by atoms with Crippen LogP contribution in [-0.2, 0) is 6.42 Å². The molecule has 0 aliphatic heterocycles. The van der Waals surface area contributed by atoms with Gasteiger partial charge in [0.1, 0.15) is 0 Å². The number of aliphatic hydroxyl groups is 1. The summed E-state index contributed by atoms with van der Waals surface area (Å²) in [7, 11) is 0. The van der Waals surface area contributed by atoms with E-state index in [1.54, 1.807) is 36.4 Å². The minimum atomic E-state index is -0.544. The first kappa shape index (κ1) is 20.7. The quantitative estimate of drug-likeness (QED) is 0.409. The second kappa shape index (κ2) is 9.44. The van der Waals surface area contributed by atoms with Gasteiger partial charge >= 0.3 is 0 Å². The van der Waals surface area contributed by atoms with E-state index in [9.17, 15) is 19.7 Å². The van der Waals surface area contributed by atoms with Crippen molar-refractivity contribution >= 4 is 28.9 Å². The number of non-ortho nitro benzene ring substituents is 1. The fourth-order valence-corrected chi connectivity index (χ4v) is 2.80. The van der Waals surface area contributed by atoms with Crippen molar-refractivity contribution in [2.45, 2.75) is 6.42 Å². The number of aliphatic hydroxyl groups excluding tert-OH is 1. The van der Waals surface area contributed by atoms with Crippen LogP contribution in [0.25, 0.3) is 0 Å². The van der Waals surface area contributed by atoms with E-state index in [0.717, 1.165) is 5.56 Å². The zero-order valence-electron chi connectivity index (χ0n) is 15.9. The molecule has 3 aromatic carbocycles. The lowest BCUT2D eigenvalue weighted by Gasteiger charge is -2.12. The maximum atomic E-state index is 12.7. The third kappa shape index (κ3) is 5.06. The van der Waals surface area contributed by atoms with E-state index in [2.05, 4.69) is 10.6 Å². The van der Waals surface area contributed by atoms with Gasteiger partial charge in [0.05, 0.1) is 16.2 Å². The largest absolute Gasteiger partial charge is 0.396 e. The molecule has 3 N–H and O–H groups in total. The lowest BCUT2D eigenvalue weighted by Crippen LogP contribution is -2.18. The summed E-state index contributed by atoms with van der Waals surface area (Å²) < 4.78 is 0. The number of hydrogen-bond acceptors (Lipinski definition) is 5. The van der Waals surface area contributed by atoms with Crippen LogP contribution in [0.4, 0.5) is 17.1 Å². The van der Waals surface area contributed by atoms with E-state index in [4.69, 9.17) is 5.11 Å². The van der Waals surface area contributed by atoms with E-state index in [-0.39, 0.29) is 23.4 Å². The molecule has 0 atom stereocenters. The Kier molecular flexibility index (Phi) is 6.51. The van der Waals surface area contributed by atoms with Gasteiger partial charge in [-0.25, -0.2) is 0 Å². The van der Waals surface area contributed by atoms with E-state index >= 15 is 0 Å². The normalized spacial score (nSPS) is 10.3. The number of carbonyl (C=O) groups excluding carboxylic acids is 2. The van der Waals surface area contributed by atoms with E-state index < -0.39 is 16.7 Å². The molecule has 3 rings (SSSR count). The van der Waals surface area contributed by atoms with E-state index in [1.807, 2.05) is 12.1 Å². The van der Waals surface area contributed by atoms with Crippen molar-refractivity contribution in [3.05, 3.63) is 99.6 Å². The summed E-state index contributed by atoms with van der Waals surface area (Å²) >= 11 is 0. The fourth-order valence-electron chi connectivity index (χ4n) is 2.80. The molecule has 0 saturated carbocycles. The predicted octanol–water partition coefficient (Wildman–Crippen LogP) is 3.63. The topological polar surface area (TPSA) is 122 Å². The Bertz CT molecular complexity index is 1060.